The predicted molar refractivity (Wildman–Crippen MR) is 72.0 cm³/mol. The molecule has 2 aliphatic rings. The lowest BCUT2D eigenvalue weighted by Crippen LogP contribution is -2.59. The maximum Gasteiger partial charge on any atom is 0.234 e. The molecule has 1 amide bonds. The van der Waals surface area contributed by atoms with Gasteiger partial charge in [0.2, 0.25) is 5.91 Å². The van der Waals surface area contributed by atoms with E-state index in [2.05, 4.69) is 16.7 Å². The van der Waals surface area contributed by atoms with Crippen LogP contribution in [0.5, 0.6) is 0 Å². The van der Waals surface area contributed by atoms with Gasteiger partial charge in [-0.15, -0.1) is 0 Å². The Morgan fingerprint density at radius 3 is 2.89 bits per heavy atom. The summed E-state index contributed by atoms with van der Waals surface area (Å²) in [5, 5.41) is 0. The highest BCUT2D eigenvalue weighted by atomic mass is 16.1. The molecule has 3 atom stereocenters. The van der Waals surface area contributed by atoms with Crippen molar-refractivity contribution < 1.29 is 4.79 Å². The molecule has 5 heteroatoms. The highest BCUT2D eigenvalue weighted by Gasteiger charge is 2.32. The first-order chi connectivity index (χ1) is 8.58. The lowest BCUT2D eigenvalue weighted by atomic mass is 9.97. The average Bonchev–Trinajstić information content (AvgIpc) is 2.35. The van der Waals surface area contributed by atoms with Crippen LogP contribution in [-0.2, 0) is 4.79 Å². The minimum Gasteiger partial charge on any atom is -0.368 e. The van der Waals surface area contributed by atoms with E-state index in [4.69, 9.17) is 11.5 Å². The lowest BCUT2D eigenvalue weighted by molar-refractivity contribution is -0.119. The minimum atomic E-state index is -0.499. The first-order valence-corrected chi connectivity index (χ1v) is 7.11. The van der Waals surface area contributed by atoms with Crippen molar-refractivity contribution >= 4 is 5.91 Å². The van der Waals surface area contributed by atoms with Crippen molar-refractivity contribution in [1.82, 2.24) is 9.80 Å². The predicted octanol–water partition coefficient (Wildman–Crippen LogP) is -0.252. The highest BCUT2D eigenvalue weighted by Crippen LogP contribution is 2.24. The van der Waals surface area contributed by atoms with Crippen molar-refractivity contribution in [2.45, 2.75) is 50.7 Å². The summed E-state index contributed by atoms with van der Waals surface area (Å²) in [4.78, 5) is 16.0. The summed E-state index contributed by atoms with van der Waals surface area (Å²) in [5.74, 6) is -0.390. The molecule has 0 saturated carbocycles. The van der Waals surface area contributed by atoms with Gasteiger partial charge in [0, 0.05) is 31.7 Å². The van der Waals surface area contributed by atoms with E-state index in [1.165, 1.54) is 25.8 Å². The maximum atomic E-state index is 11.0. The molecular weight excluding hydrogens is 228 g/mol. The van der Waals surface area contributed by atoms with E-state index in [-0.39, 0.29) is 5.91 Å². The Kier molecular flexibility index (Phi) is 4.59. The first-order valence-electron chi connectivity index (χ1n) is 7.11. The summed E-state index contributed by atoms with van der Waals surface area (Å²) < 4.78 is 0. The van der Waals surface area contributed by atoms with Crippen LogP contribution in [0.15, 0.2) is 0 Å². The van der Waals surface area contributed by atoms with Gasteiger partial charge in [0.25, 0.3) is 0 Å². The molecule has 5 nitrogen and oxygen atoms in total. The molecule has 2 aliphatic heterocycles. The molecule has 0 radical (unpaired) electrons. The van der Waals surface area contributed by atoms with Gasteiger partial charge in [0.15, 0.2) is 0 Å². The molecule has 2 heterocycles. The van der Waals surface area contributed by atoms with Crippen molar-refractivity contribution in [1.29, 1.82) is 0 Å². The molecule has 0 aromatic rings. The number of carbonyl (C=O) groups excluding carboxylic acids is 1. The van der Waals surface area contributed by atoms with E-state index in [0.29, 0.717) is 18.5 Å². The number of piperazine rings is 1. The molecule has 0 aromatic heterocycles. The Morgan fingerprint density at radius 1 is 1.39 bits per heavy atom. The second-order valence-electron chi connectivity index (χ2n) is 5.79. The fraction of sp³-hybridized carbons (Fsp3) is 0.923. The summed E-state index contributed by atoms with van der Waals surface area (Å²) in [6.45, 7) is 6.67. The first kappa shape index (κ1) is 13.8. The molecule has 2 rings (SSSR count). The number of rotatable bonds is 4. The molecule has 0 spiro atoms. The summed E-state index contributed by atoms with van der Waals surface area (Å²) in [5.41, 5.74) is 10.9. The zero-order valence-corrected chi connectivity index (χ0v) is 11.3. The van der Waals surface area contributed by atoms with E-state index >= 15 is 0 Å². The molecule has 18 heavy (non-hydrogen) atoms. The summed E-state index contributed by atoms with van der Waals surface area (Å²) >= 11 is 0. The van der Waals surface area contributed by atoms with E-state index in [1.54, 1.807) is 0 Å². The number of nitrogens with two attached hydrogens (primary N) is 2. The monoisotopic (exact) mass is 254 g/mol. The van der Waals surface area contributed by atoms with E-state index < -0.39 is 6.04 Å². The van der Waals surface area contributed by atoms with Crippen LogP contribution in [0.1, 0.15) is 32.6 Å². The lowest BCUT2D eigenvalue weighted by Gasteiger charge is -2.47. The van der Waals surface area contributed by atoms with Gasteiger partial charge in [-0.25, -0.2) is 0 Å². The number of carbonyl (C=O) groups is 1. The van der Waals surface area contributed by atoms with Gasteiger partial charge in [-0.1, -0.05) is 6.42 Å². The molecule has 0 bridgehead atoms. The summed E-state index contributed by atoms with van der Waals surface area (Å²) in [6.07, 6.45) is 4.68. The summed E-state index contributed by atoms with van der Waals surface area (Å²) in [7, 11) is 0. The third kappa shape index (κ3) is 3.22. The molecule has 0 aromatic carbocycles. The SMILES string of the molecule is CC1CN2CCCCC2CN1CCC(N)C(N)=O. The quantitative estimate of drug-likeness (QED) is 0.725. The van der Waals surface area contributed by atoms with Gasteiger partial charge in [-0.05, 0) is 32.7 Å². The van der Waals surface area contributed by atoms with Gasteiger partial charge in [0.05, 0.1) is 6.04 Å². The molecule has 2 saturated heterocycles. The Labute approximate surface area is 109 Å². The maximum absolute atomic E-state index is 11.0. The van der Waals surface area contributed by atoms with E-state index in [9.17, 15) is 4.79 Å². The number of piperidine rings is 1. The Bertz CT molecular complexity index is 297. The van der Waals surface area contributed by atoms with Crippen LogP contribution in [0.2, 0.25) is 0 Å². The number of primary amides is 1. The molecule has 3 unspecified atom stereocenters. The largest absolute Gasteiger partial charge is 0.368 e. The number of hydrogen-bond donors (Lipinski definition) is 2. The Balaban J connectivity index is 1.83. The van der Waals surface area contributed by atoms with Crippen LogP contribution in [0.3, 0.4) is 0 Å². The van der Waals surface area contributed by atoms with Crippen LogP contribution in [-0.4, -0.2) is 60.0 Å². The average molecular weight is 254 g/mol. The van der Waals surface area contributed by atoms with Crippen LogP contribution in [0.25, 0.3) is 0 Å². The van der Waals surface area contributed by atoms with Crippen LogP contribution < -0.4 is 11.5 Å². The van der Waals surface area contributed by atoms with Gasteiger partial charge < -0.3 is 11.5 Å². The molecule has 0 aliphatic carbocycles. The minimum absolute atomic E-state index is 0.390. The molecule has 104 valence electrons. The van der Waals surface area contributed by atoms with E-state index in [0.717, 1.165) is 19.6 Å². The zero-order chi connectivity index (χ0) is 13.1. The van der Waals surface area contributed by atoms with Crippen LogP contribution in [0, 0.1) is 0 Å². The van der Waals surface area contributed by atoms with Gasteiger partial charge in [-0.3, -0.25) is 14.6 Å². The van der Waals surface area contributed by atoms with Crippen LogP contribution >= 0.6 is 0 Å². The smallest absolute Gasteiger partial charge is 0.234 e. The van der Waals surface area contributed by atoms with Crippen molar-refractivity contribution in [3.63, 3.8) is 0 Å². The number of hydrogen-bond acceptors (Lipinski definition) is 4. The second kappa shape index (κ2) is 5.99. The third-order valence-electron chi connectivity index (χ3n) is 4.41. The number of nitrogens with zero attached hydrogens (tertiary/aromatic N) is 2. The summed E-state index contributed by atoms with van der Waals surface area (Å²) in [6, 6.07) is 0.765. The molecular formula is C13H26N4O. The number of amides is 1. The van der Waals surface area contributed by atoms with E-state index in [1.807, 2.05) is 0 Å². The zero-order valence-electron chi connectivity index (χ0n) is 11.3. The van der Waals surface area contributed by atoms with Crippen molar-refractivity contribution in [2.75, 3.05) is 26.2 Å². The topological polar surface area (TPSA) is 75.6 Å². The molecule has 4 N–H and O–H groups in total. The van der Waals surface area contributed by atoms with Crippen molar-refractivity contribution in [2.24, 2.45) is 11.5 Å². The Hall–Kier alpha value is -0.650. The van der Waals surface area contributed by atoms with Crippen molar-refractivity contribution in [3.05, 3.63) is 0 Å². The Morgan fingerprint density at radius 2 is 2.17 bits per heavy atom. The fourth-order valence-corrected chi connectivity index (χ4v) is 3.17. The number of fused-ring (bicyclic) bond motifs is 1. The van der Waals surface area contributed by atoms with Gasteiger partial charge >= 0.3 is 0 Å². The fourth-order valence-electron chi connectivity index (χ4n) is 3.17. The standard InChI is InChI=1S/C13H26N4O/c1-10-8-17-6-3-2-4-11(17)9-16(10)7-5-12(14)13(15)18/h10-12H,2-9,14H2,1H3,(H2,15,18). The van der Waals surface area contributed by atoms with Gasteiger partial charge in [0.1, 0.15) is 0 Å². The highest BCUT2D eigenvalue weighted by molar-refractivity contribution is 5.79. The van der Waals surface area contributed by atoms with Gasteiger partial charge in [-0.2, -0.15) is 0 Å². The van der Waals surface area contributed by atoms with Crippen LogP contribution in [0.4, 0.5) is 0 Å². The second-order valence-corrected chi connectivity index (χ2v) is 5.79. The molecule has 2 fully saturated rings. The van der Waals surface area contributed by atoms with Crippen molar-refractivity contribution in [3.8, 4) is 0 Å². The third-order valence-corrected chi connectivity index (χ3v) is 4.41. The normalized spacial score (nSPS) is 31.9.